The first-order chi connectivity index (χ1) is 11.8. The van der Waals surface area contributed by atoms with E-state index >= 15 is 0 Å². The molecule has 24 heavy (non-hydrogen) atoms. The molecule has 1 saturated heterocycles. The molecular weight excluding hydrogens is 306 g/mol. The van der Waals surface area contributed by atoms with Gasteiger partial charge >= 0.3 is 0 Å². The first-order valence-electron chi connectivity index (χ1n) is 7.96. The van der Waals surface area contributed by atoms with Crippen LogP contribution in [-0.2, 0) is 0 Å². The minimum atomic E-state index is -0.0118. The zero-order valence-corrected chi connectivity index (χ0v) is 13.0. The predicted octanol–water partition coefficient (Wildman–Crippen LogP) is 0.918. The molecule has 3 aromatic rings. The van der Waals surface area contributed by atoms with Crippen molar-refractivity contribution in [2.75, 3.05) is 18.0 Å². The third-order valence-corrected chi connectivity index (χ3v) is 4.25. The number of nitrogens with one attached hydrogen (secondary N) is 1. The largest absolute Gasteiger partial charge is 0.355 e. The van der Waals surface area contributed by atoms with E-state index in [9.17, 15) is 4.79 Å². The van der Waals surface area contributed by atoms with Gasteiger partial charge in [-0.1, -0.05) is 18.2 Å². The van der Waals surface area contributed by atoms with E-state index in [1.807, 2.05) is 42.5 Å². The Balaban J connectivity index is 1.37. The Bertz CT molecular complexity index is 840. The van der Waals surface area contributed by atoms with Gasteiger partial charge in [0.05, 0.1) is 0 Å². The first-order valence-corrected chi connectivity index (χ1v) is 7.96. The molecule has 1 amide bonds. The van der Waals surface area contributed by atoms with E-state index in [-0.39, 0.29) is 11.9 Å². The van der Waals surface area contributed by atoms with E-state index in [0.29, 0.717) is 11.2 Å². The fourth-order valence-corrected chi connectivity index (χ4v) is 2.92. The van der Waals surface area contributed by atoms with Crippen molar-refractivity contribution in [1.29, 1.82) is 0 Å². The lowest BCUT2D eigenvalue weighted by Gasteiger charge is -2.32. The third-order valence-electron chi connectivity index (χ3n) is 4.25. The van der Waals surface area contributed by atoms with E-state index in [1.54, 1.807) is 0 Å². The highest BCUT2D eigenvalue weighted by Gasteiger charge is 2.22. The summed E-state index contributed by atoms with van der Waals surface area (Å²) in [5.74, 6) is 0.838. The minimum Gasteiger partial charge on any atom is -0.355 e. The number of benzene rings is 1. The number of fused-ring (bicyclic) bond motifs is 1. The second-order valence-electron chi connectivity index (χ2n) is 5.82. The number of piperidine rings is 1. The Kier molecular flexibility index (Phi) is 3.78. The zero-order chi connectivity index (χ0) is 16.4. The van der Waals surface area contributed by atoms with Crippen LogP contribution in [0.15, 0.2) is 42.5 Å². The van der Waals surface area contributed by atoms with Crippen LogP contribution in [0, 0.1) is 0 Å². The summed E-state index contributed by atoms with van der Waals surface area (Å²) in [6, 6.07) is 13.3. The summed E-state index contributed by atoms with van der Waals surface area (Å²) in [5, 5.41) is 18.8. The number of hydrogen-bond donors (Lipinski definition) is 1. The van der Waals surface area contributed by atoms with Crippen molar-refractivity contribution in [2.45, 2.75) is 18.9 Å². The number of rotatable bonds is 3. The van der Waals surface area contributed by atoms with Crippen LogP contribution in [0.4, 0.5) is 5.82 Å². The van der Waals surface area contributed by atoms with Crippen molar-refractivity contribution in [2.24, 2.45) is 0 Å². The van der Waals surface area contributed by atoms with Gasteiger partial charge in [-0.2, -0.15) is 0 Å². The van der Waals surface area contributed by atoms with Gasteiger partial charge in [0.1, 0.15) is 0 Å². The molecule has 1 fully saturated rings. The van der Waals surface area contributed by atoms with Crippen LogP contribution in [-0.4, -0.2) is 50.3 Å². The van der Waals surface area contributed by atoms with Crippen LogP contribution in [0.25, 0.3) is 5.65 Å². The van der Waals surface area contributed by atoms with Crippen molar-refractivity contribution in [3.63, 3.8) is 0 Å². The fraction of sp³-hybridized carbons (Fsp3) is 0.312. The molecule has 0 radical (unpaired) electrons. The predicted molar refractivity (Wildman–Crippen MR) is 87.7 cm³/mol. The molecule has 0 bridgehead atoms. The molecule has 3 heterocycles. The van der Waals surface area contributed by atoms with Gasteiger partial charge < -0.3 is 10.2 Å². The van der Waals surface area contributed by atoms with Gasteiger partial charge in [-0.15, -0.1) is 14.8 Å². The Morgan fingerprint density at radius 1 is 1.08 bits per heavy atom. The molecule has 1 aliphatic rings. The standard InChI is InChI=1S/C16H17N7O/c24-16(12-4-2-1-3-5-12)17-13-8-10-22(11-9-13)15-7-6-14-18-20-21-23(14)19-15/h1-7,13H,8-11H2,(H,17,24). The maximum atomic E-state index is 12.2. The lowest BCUT2D eigenvalue weighted by Crippen LogP contribution is -2.45. The molecule has 1 aromatic carbocycles. The van der Waals surface area contributed by atoms with Gasteiger partial charge in [0, 0.05) is 24.7 Å². The molecule has 8 nitrogen and oxygen atoms in total. The number of anilines is 1. The van der Waals surface area contributed by atoms with Crippen molar-refractivity contribution < 1.29 is 4.79 Å². The molecule has 0 atom stereocenters. The van der Waals surface area contributed by atoms with E-state index in [4.69, 9.17) is 0 Å². The molecule has 0 spiro atoms. The number of carbonyl (C=O) groups is 1. The summed E-state index contributed by atoms with van der Waals surface area (Å²) >= 11 is 0. The quantitative estimate of drug-likeness (QED) is 0.771. The summed E-state index contributed by atoms with van der Waals surface area (Å²) in [7, 11) is 0. The molecule has 8 heteroatoms. The van der Waals surface area contributed by atoms with Crippen molar-refractivity contribution in [1.82, 2.24) is 30.6 Å². The average Bonchev–Trinajstić information content (AvgIpc) is 3.11. The topological polar surface area (TPSA) is 88.3 Å². The summed E-state index contributed by atoms with van der Waals surface area (Å²) < 4.78 is 1.43. The molecule has 2 aromatic heterocycles. The van der Waals surface area contributed by atoms with Gasteiger partial charge in [-0.3, -0.25) is 4.79 Å². The number of aromatic nitrogens is 5. The van der Waals surface area contributed by atoms with Gasteiger partial charge in [0.25, 0.3) is 5.91 Å². The van der Waals surface area contributed by atoms with Crippen molar-refractivity contribution in [3.05, 3.63) is 48.0 Å². The van der Waals surface area contributed by atoms with E-state index in [2.05, 4.69) is 30.8 Å². The average molecular weight is 323 g/mol. The Hall–Kier alpha value is -3.03. The molecular formula is C16H17N7O. The van der Waals surface area contributed by atoms with Crippen LogP contribution in [0.5, 0.6) is 0 Å². The Morgan fingerprint density at radius 3 is 2.67 bits per heavy atom. The summed E-state index contributed by atoms with van der Waals surface area (Å²) in [6.45, 7) is 1.67. The molecule has 0 unspecified atom stereocenters. The van der Waals surface area contributed by atoms with Gasteiger partial charge in [-0.25, -0.2) is 0 Å². The van der Waals surface area contributed by atoms with Crippen LogP contribution in [0.3, 0.4) is 0 Å². The second-order valence-corrected chi connectivity index (χ2v) is 5.82. The van der Waals surface area contributed by atoms with Gasteiger partial charge in [0.15, 0.2) is 11.5 Å². The molecule has 4 rings (SSSR count). The highest BCUT2D eigenvalue weighted by atomic mass is 16.1. The van der Waals surface area contributed by atoms with E-state index in [0.717, 1.165) is 31.7 Å². The lowest BCUT2D eigenvalue weighted by atomic mass is 10.0. The number of carbonyl (C=O) groups excluding carboxylic acids is 1. The van der Waals surface area contributed by atoms with Crippen molar-refractivity contribution in [3.8, 4) is 0 Å². The van der Waals surface area contributed by atoms with Gasteiger partial charge in [-0.05, 0) is 47.5 Å². The Labute approximate surface area is 138 Å². The highest BCUT2D eigenvalue weighted by Crippen LogP contribution is 2.18. The van der Waals surface area contributed by atoms with Crippen molar-refractivity contribution >= 4 is 17.4 Å². The lowest BCUT2D eigenvalue weighted by molar-refractivity contribution is 0.0931. The number of amides is 1. The van der Waals surface area contributed by atoms with E-state index < -0.39 is 0 Å². The van der Waals surface area contributed by atoms with Crippen LogP contribution in [0.2, 0.25) is 0 Å². The highest BCUT2D eigenvalue weighted by molar-refractivity contribution is 5.94. The number of hydrogen-bond acceptors (Lipinski definition) is 6. The second kappa shape index (κ2) is 6.23. The number of nitrogens with zero attached hydrogens (tertiary/aromatic N) is 6. The van der Waals surface area contributed by atoms with Crippen LogP contribution < -0.4 is 10.2 Å². The zero-order valence-electron chi connectivity index (χ0n) is 13.0. The fourth-order valence-electron chi connectivity index (χ4n) is 2.92. The van der Waals surface area contributed by atoms with E-state index in [1.165, 1.54) is 4.63 Å². The molecule has 0 aliphatic carbocycles. The van der Waals surface area contributed by atoms with Crippen LogP contribution >= 0.6 is 0 Å². The minimum absolute atomic E-state index is 0.0118. The maximum absolute atomic E-state index is 12.2. The first kappa shape index (κ1) is 14.6. The van der Waals surface area contributed by atoms with Gasteiger partial charge in [0.2, 0.25) is 0 Å². The molecule has 0 saturated carbocycles. The summed E-state index contributed by atoms with van der Waals surface area (Å²) in [5.41, 5.74) is 1.33. The molecule has 1 N–H and O–H groups in total. The monoisotopic (exact) mass is 323 g/mol. The smallest absolute Gasteiger partial charge is 0.251 e. The summed E-state index contributed by atoms with van der Waals surface area (Å²) in [6.07, 6.45) is 1.77. The normalized spacial score (nSPS) is 15.6. The molecule has 122 valence electrons. The summed E-state index contributed by atoms with van der Waals surface area (Å²) in [4.78, 5) is 14.4. The Morgan fingerprint density at radius 2 is 1.88 bits per heavy atom. The third kappa shape index (κ3) is 2.90. The SMILES string of the molecule is O=C(NC1CCN(c2ccc3nnnn3n2)CC1)c1ccccc1. The maximum Gasteiger partial charge on any atom is 0.251 e. The van der Waals surface area contributed by atoms with Crippen LogP contribution in [0.1, 0.15) is 23.2 Å². The number of tetrazole rings is 1. The molecule has 1 aliphatic heterocycles.